The standard InChI is InChI=1S/C21H26FN3O4/c1-13(26)29-25-20(27)16-11-17(22)18(23-14-7-3-2-4-8-14)12-19(16)24(21(25)28)15-9-5-6-10-15/h11-12,14-15,23H,2-10H2,1H3. The lowest BCUT2D eigenvalue weighted by Gasteiger charge is -2.25. The lowest BCUT2D eigenvalue weighted by Crippen LogP contribution is -2.45. The van der Waals surface area contributed by atoms with Gasteiger partial charge in [0.1, 0.15) is 5.82 Å². The average Bonchev–Trinajstić information content (AvgIpc) is 3.22. The van der Waals surface area contributed by atoms with Crippen molar-refractivity contribution in [1.29, 1.82) is 0 Å². The predicted octanol–water partition coefficient (Wildman–Crippen LogP) is 3.14. The Hall–Kier alpha value is -2.64. The topological polar surface area (TPSA) is 82.3 Å². The second kappa shape index (κ2) is 8.00. The second-order valence-electron chi connectivity index (χ2n) is 8.10. The van der Waals surface area contributed by atoms with Gasteiger partial charge in [-0.2, -0.15) is 0 Å². The third-order valence-corrected chi connectivity index (χ3v) is 6.01. The molecule has 0 spiro atoms. The minimum atomic E-state index is -0.822. The molecule has 2 saturated carbocycles. The monoisotopic (exact) mass is 403 g/mol. The molecule has 0 radical (unpaired) electrons. The van der Waals surface area contributed by atoms with Gasteiger partial charge < -0.3 is 10.2 Å². The van der Waals surface area contributed by atoms with E-state index in [1.807, 2.05) is 0 Å². The number of halogens is 1. The molecule has 1 heterocycles. The molecule has 2 aromatic rings. The van der Waals surface area contributed by atoms with Gasteiger partial charge in [0.05, 0.1) is 16.6 Å². The summed E-state index contributed by atoms with van der Waals surface area (Å²) in [6.45, 7) is 1.12. The number of aromatic nitrogens is 2. The van der Waals surface area contributed by atoms with E-state index in [2.05, 4.69) is 5.32 Å². The number of hydrogen-bond donors (Lipinski definition) is 1. The number of nitrogens with zero attached hydrogens (tertiary/aromatic N) is 2. The van der Waals surface area contributed by atoms with Crippen molar-refractivity contribution in [3.63, 3.8) is 0 Å². The van der Waals surface area contributed by atoms with Crippen LogP contribution in [0.2, 0.25) is 0 Å². The summed E-state index contributed by atoms with van der Waals surface area (Å²) in [5.41, 5.74) is -0.826. The lowest BCUT2D eigenvalue weighted by molar-refractivity contribution is -0.142. The van der Waals surface area contributed by atoms with E-state index < -0.39 is 23.0 Å². The van der Waals surface area contributed by atoms with E-state index in [9.17, 15) is 18.8 Å². The zero-order valence-electron chi connectivity index (χ0n) is 16.6. The molecule has 0 unspecified atom stereocenters. The first-order valence-corrected chi connectivity index (χ1v) is 10.4. The molecule has 0 bridgehead atoms. The molecule has 0 aliphatic heterocycles. The van der Waals surface area contributed by atoms with Crippen LogP contribution in [0.3, 0.4) is 0 Å². The Bertz CT molecular complexity index is 1050. The minimum Gasteiger partial charge on any atom is -0.380 e. The first kappa shape index (κ1) is 19.7. The number of fused-ring (bicyclic) bond motifs is 1. The summed E-state index contributed by atoms with van der Waals surface area (Å²) in [4.78, 5) is 42.1. The fourth-order valence-corrected chi connectivity index (χ4v) is 4.63. The number of carbonyl (C=O) groups excluding carboxylic acids is 1. The fraction of sp³-hybridized carbons (Fsp3) is 0.571. The summed E-state index contributed by atoms with van der Waals surface area (Å²) in [5, 5.41) is 3.29. The van der Waals surface area contributed by atoms with Crippen LogP contribution >= 0.6 is 0 Å². The van der Waals surface area contributed by atoms with Crippen molar-refractivity contribution in [2.24, 2.45) is 0 Å². The zero-order chi connectivity index (χ0) is 20.5. The molecule has 0 atom stereocenters. The first-order chi connectivity index (χ1) is 14.0. The van der Waals surface area contributed by atoms with Gasteiger partial charge in [-0.15, -0.1) is 0 Å². The van der Waals surface area contributed by atoms with Gasteiger partial charge in [-0.3, -0.25) is 9.36 Å². The van der Waals surface area contributed by atoms with Crippen LogP contribution in [0.1, 0.15) is 70.8 Å². The largest absolute Gasteiger partial charge is 0.380 e. The van der Waals surface area contributed by atoms with Crippen molar-refractivity contribution in [3.8, 4) is 0 Å². The van der Waals surface area contributed by atoms with Gasteiger partial charge in [-0.05, 0) is 37.8 Å². The van der Waals surface area contributed by atoms with E-state index in [1.165, 1.54) is 11.0 Å². The zero-order valence-corrected chi connectivity index (χ0v) is 16.6. The van der Waals surface area contributed by atoms with Crippen LogP contribution in [0, 0.1) is 5.82 Å². The quantitative estimate of drug-likeness (QED) is 0.848. The van der Waals surface area contributed by atoms with Crippen LogP contribution < -0.4 is 21.4 Å². The van der Waals surface area contributed by atoms with Crippen molar-refractivity contribution < 1.29 is 14.0 Å². The van der Waals surface area contributed by atoms with E-state index in [-0.39, 0.29) is 17.5 Å². The van der Waals surface area contributed by atoms with Crippen molar-refractivity contribution in [1.82, 2.24) is 9.30 Å². The van der Waals surface area contributed by atoms with E-state index in [1.54, 1.807) is 6.07 Å². The number of benzene rings is 1. The maximum Gasteiger partial charge on any atom is 0.365 e. The molecule has 1 N–H and O–H groups in total. The molecule has 8 heteroatoms. The highest BCUT2D eigenvalue weighted by molar-refractivity contribution is 5.82. The highest BCUT2D eigenvalue weighted by atomic mass is 19.1. The minimum absolute atomic E-state index is 0.0319. The average molecular weight is 403 g/mol. The summed E-state index contributed by atoms with van der Waals surface area (Å²) >= 11 is 0. The molecule has 156 valence electrons. The molecule has 2 aliphatic carbocycles. The molecular weight excluding hydrogens is 377 g/mol. The maximum absolute atomic E-state index is 14.9. The molecule has 1 aromatic carbocycles. The van der Waals surface area contributed by atoms with E-state index in [0.717, 1.165) is 64.4 Å². The smallest absolute Gasteiger partial charge is 0.365 e. The Balaban J connectivity index is 1.89. The van der Waals surface area contributed by atoms with Crippen LogP contribution in [-0.2, 0) is 4.79 Å². The van der Waals surface area contributed by atoms with Crippen LogP contribution in [0.25, 0.3) is 10.9 Å². The van der Waals surface area contributed by atoms with Crippen molar-refractivity contribution in [3.05, 3.63) is 38.8 Å². The summed E-state index contributed by atoms with van der Waals surface area (Å²) in [7, 11) is 0. The molecule has 0 amide bonds. The Kier molecular flexibility index (Phi) is 5.43. The number of hydrogen-bond acceptors (Lipinski definition) is 5. The van der Waals surface area contributed by atoms with Gasteiger partial charge in [0, 0.05) is 19.0 Å². The van der Waals surface area contributed by atoms with Gasteiger partial charge in [-0.1, -0.05) is 36.8 Å². The number of anilines is 1. The second-order valence-corrected chi connectivity index (χ2v) is 8.10. The normalized spacial score (nSPS) is 18.3. The van der Waals surface area contributed by atoms with Crippen LogP contribution in [0.15, 0.2) is 21.7 Å². The first-order valence-electron chi connectivity index (χ1n) is 10.4. The fourth-order valence-electron chi connectivity index (χ4n) is 4.63. The van der Waals surface area contributed by atoms with Crippen molar-refractivity contribution in [2.45, 2.75) is 76.8 Å². The lowest BCUT2D eigenvalue weighted by atomic mass is 9.95. The van der Waals surface area contributed by atoms with E-state index in [0.29, 0.717) is 15.9 Å². The Morgan fingerprint density at radius 1 is 1.07 bits per heavy atom. The molecule has 2 fully saturated rings. The molecule has 2 aliphatic rings. The molecule has 29 heavy (non-hydrogen) atoms. The maximum atomic E-state index is 14.9. The number of carbonyl (C=O) groups is 1. The summed E-state index contributed by atoms with van der Waals surface area (Å²) in [6.07, 6.45) is 8.86. The Morgan fingerprint density at radius 2 is 1.72 bits per heavy atom. The molecular formula is C21H26FN3O4. The molecule has 7 nitrogen and oxygen atoms in total. The van der Waals surface area contributed by atoms with Crippen LogP contribution in [-0.4, -0.2) is 21.3 Å². The van der Waals surface area contributed by atoms with Gasteiger partial charge in [0.15, 0.2) is 0 Å². The van der Waals surface area contributed by atoms with Crippen LogP contribution in [0.4, 0.5) is 10.1 Å². The van der Waals surface area contributed by atoms with Crippen molar-refractivity contribution >= 4 is 22.6 Å². The van der Waals surface area contributed by atoms with Gasteiger partial charge >= 0.3 is 11.7 Å². The number of rotatable bonds is 4. The Labute approximate surface area is 167 Å². The Morgan fingerprint density at radius 3 is 2.38 bits per heavy atom. The number of nitrogens with one attached hydrogen (secondary N) is 1. The molecule has 1 aromatic heterocycles. The summed E-state index contributed by atoms with van der Waals surface area (Å²) < 4.78 is 16.8. The third-order valence-electron chi connectivity index (χ3n) is 6.01. The third kappa shape index (κ3) is 3.80. The highest BCUT2D eigenvalue weighted by Crippen LogP contribution is 2.32. The van der Waals surface area contributed by atoms with E-state index in [4.69, 9.17) is 4.84 Å². The highest BCUT2D eigenvalue weighted by Gasteiger charge is 2.26. The van der Waals surface area contributed by atoms with Gasteiger partial charge in [0.25, 0.3) is 5.56 Å². The predicted molar refractivity (Wildman–Crippen MR) is 108 cm³/mol. The summed E-state index contributed by atoms with van der Waals surface area (Å²) in [6, 6.07) is 2.79. The SMILES string of the molecule is CC(=O)On1c(=O)c2cc(F)c(NC3CCCCC3)cc2n(C2CCCC2)c1=O. The molecule has 0 saturated heterocycles. The van der Waals surface area contributed by atoms with Crippen molar-refractivity contribution in [2.75, 3.05) is 5.32 Å². The van der Waals surface area contributed by atoms with Gasteiger partial charge in [-0.25, -0.2) is 14.0 Å². The van der Waals surface area contributed by atoms with Crippen LogP contribution in [0.5, 0.6) is 0 Å². The van der Waals surface area contributed by atoms with Gasteiger partial charge in [0.2, 0.25) is 0 Å². The summed E-state index contributed by atoms with van der Waals surface area (Å²) in [5.74, 6) is -1.33. The molecule has 4 rings (SSSR count). The van der Waals surface area contributed by atoms with E-state index >= 15 is 0 Å².